The van der Waals surface area contributed by atoms with Crippen LogP contribution in [0.25, 0.3) is 5.95 Å². The average molecular weight is 382 g/mol. The fraction of sp³-hybridized carbons (Fsp3) is 0.526. The number of aromatic carboxylic acids is 1. The quantitative estimate of drug-likeness (QED) is 0.864. The molecule has 1 N–H and O–H groups in total. The van der Waals surface area contributed by atoms with E-state index in [-0.39, 0.29) is 23.6 Å². The van der Waals surface area contributed by atoms with Gasteiger partial charge in [0.25, 0.3) is 11.9 Å². The Kier molecular flexibility index (Phi) is 3.53. The van der Waals surface area contributed by atoms with Gasteiger partial charge in [0.2, 0.25) is 0 Å². The number of likely N-dealkylation sites (N-methyl/N-ethyl adjacent to an activating group) is 1. The van der Waals surface area contributed by atoms with Crippen molar-refractivity contribution >= 4 is 23.4 Å². The van der Waals surface area contributed by atoms with Crippen LogP contribution < -0.4 is 9.80 Å². The maximum absolute atomic E-state index is 13.2. The molecule has 2 aliphatic carbocycles. The van der Waals surface area contributed by atoms with Gasteiger partial charge in [0, 0.05) is 19.3 Å². The van der Waals surface area contributed by atoms with Gasteiger partial charge >= 0.3 is 5.97 Å². The largest absolute Gasteiger partial charge is 0.476 e. The van der Waals surface area contributed by atoms with Crippen molar-refractivity contribution in [3.05, 3.63) is 24.2 Å². The Labute approximate surface area is 162 Å². The van der Waals surface area contributed by atoms with Crippen LogP contribution in [0.5, 0.6) is 0 Å². The molecule has 2 fully saturated rings. The Morgan fingerprint density at radius 1 is 1.32 bits per heavy atom. The van der Waals surface area contributed by atoms with Gasteiger partial charge in [-0.15, -0.1) is 0 Å². The zero-order valence-corrected chi connectivity index (χ0v) is 15.9. The van der Waals surface area contributed by atoms with Crippen LogP contribution >= 0.6 is 0 Å². The fourth-order valence-corrected chi connectivity index (χ4v) is 4.83. The number of nitrogens with zero attached hydrogens (tertiary/aromatic N) is 6. The first-order valence-corrected chi connectivity index (χ1v) is 9.67. The molecule has 146 valence electrons. The molecule has 1 spiro atoms. The number of anilines is 2. The van der Waals surface area contributed by atoms with E-state index < -0.39 is 11.5 Å². The van der Waals surface area contributed by atoms with Gasteiger partial charge in [0.15, 0.2) is 11.5 Å². The van der Waals surface area contributed by atoms with Gasteiger partial charge < -0.3 is 14.9 Å². The Morgan fingerprint density at radius 3 is 2.64 bits per heavy atom. The smallest absolute Gasteiger partial charge is 0.356 e. The van der Waals surface area contributed by atoms with Crippen molar-refractivity contribution in [3.8, 4) is 5.95 Å². The molecule has 2 aromatic heterocycles. The van der Waals surface area contributed by atoms with Crippen LogP contribution in [0.4, 0.5) is 11.5 Å². The van der Waals surface area contributed by atoms with Gasteiger partial charge in [-0.25, -0.2) is 14.5 Å². The van der Waals surface area contributed by atoms with Crippen molar-refractivity contribution < 1.29 is 14.7 Å². The number of hydrogen-bond donors (Lipinski definition) is 1. The summed E-state index contributed by atoms with van der Waals surface area (Å²) in [6.45, 7) is 2.12. The second kappa shape index (κ2) is 5.76. The summed E-state index contributed by atoms with van der Waals surface area (Å²) in [4.78, 5) is 37.4. The van der Waals surface area contributed by atoms with Crippen molar-refractivity contribution in [1.29, 1.82) is 0 Å². The van der Waals surface area contributed by atoms with E-state index in [9.17, 15) is 9.59 Å². The Bertz CT molecular complexity index is 982. The molecule has 3 heterocycles. The number of rotatable bonds is 3. The minimum Gasteiger partial charge on any atom is -0.476 e. The first-order valence-electron chi connectivity index (χ1n) is 9.67. The molecule has 2 saturated carbocycles. The van der Waals surface area contributed by atoms with Crippen LogP contribution in [-0.2, 0) is 4.79 Å². The summed E-state index contributed by atoms with van der Waals surface area (Å²) >= 11 is 0. The van der Waals surface area contributed by atoms with Gasteiger partial charge in [-0.1, -0.05) is 19.8 Å². The molecule has 2 aromatic rings. The van der Waals surface area contributed by atoms with Crippen LogP contribution in [0.3, 0.4) is 0 Å². The number of carbonyl (C=O) groups excluding carboxylic acids is 1. The van der Waals surface area contributed by atoms with Gasteiger partial charge in [-0.2, -0.15) is 10.1 Å². The second-order valence-corrected chi connectivity index (χ2v) is 8.03. The number of aromatic nitrogens is 4. The SMILES string of the molecule is C[C@H]1C[C@@]12C(=O)N(C)c1cnc(-n3ccc(C(=O)O)n3)nc1N2C1CCCC1. The number of hydrogen-bond acceptors (Lipinski definition) is 6. The second-order valence-electron chi connectivity index (χ2n) is 8.03. The average Bonchev–Trinajstić information content (AvgIpc) is 3.11. The van der Waals surface area contributed by atoms with E-state index in [4.69, 9.17) is 10.1 Å². The third kappa shape index (κ3) is 2.22. The summed E-state index contributed by atoms with van der Waals surface area (Å²) in [5.74, 6) is 0.345. The predicted molar refractivity (Wildman–Crippen MR) is 101 cm³/mol. The van der Waals surface area contributed by atoms with Crippen LogP contribution in [-0.4, -0.2) is 55.4 Å². The van der Waals surface area contributed by atoms with E-state index >= 15 is 0 Å². The van der Waals surface area contributed by atoms with E-state index in [0.29, 0.717) is 11.6 Å². The molecule has 2 atom stereocenters. The van der Waals surface area contributed by atoms with Crippen LogP contribution in [0.1, 0.15) is 49.5 Å². The lowest BCUT2D eigenvalue weighted by atomic mass is 10.0. The summed E-state index contributed by atoms with van der Waals surface area (Å²) in [7, 11) is 1.78. The number of carboxylic acid groups (broad SMARTS) is 1. The molecule has 5 rings (SSSR count). The highest BCUT2D eigenvalue weighted by Crippen LogP contribution is 2.57. The summed E-state index contributed by atoms with van der Waals surface area (Å²) in [5, 5.41) is 13.2. The third-order valence-electron chi connectivity index (χ3n) is 6.41. The minimum absolute atomic E-state index is 0.0615. The predicted octanol–water partition coefficient (Wildman–Crippen LogP) is 1.86. The maximum Gasteiger partial charge on any atom is 0.356 e. The number of carbonyl (C=O) groups is 2. The van der Waals surface area contributed by atoms with E-state index in [1.54, 1.807) is 18.1 Å². The van der Waals surface area contributed by atoms with Gasteiger partial charge in [0.05, 0.1) is 6.20 Å². The molecule has 28 heavy (non-hydrogen) atoms. The lowest BCUT2D eigenvalue weighted by Crippen LogP contribution is -2.59. The normalized spacial score (nSPS) is 26.8. The van der Waals surface area contributed by atoms with Crippen molar-refractivity contribution in [2.45, 2.75) is 50.6 Å². The minimum atomic E-state index is -1.10. The number of amides is 1. The molecule has 1 aliphatic heterocycles. The maximum atomic E-state index is 13.2. The first-order chi connectivity index (χ1) is 13.4. The Balaban J connectivity index is 1.64. The summed E-state index contributed by atoms with van der Waals surface area (Å²) in [5.41, 5.74) is 0.114. The number of carboxylic acids is 1. The van der Waals surface area contributed by atoms with Crippen LogP contribution in [0.2, 0.25) is 0 Å². The molecule has 1 amide bonds. The molecule has 0 unspecified atom stereocenters. The zero-order chi connectivity index (χ0) is 19.6. The molecule has 3 aliphatic rings. The highest BCUT2D eigenvalue weighted by atomic mass is 16.4. The van der Waals surface area contributed by atoms with Gasteiger partial charge in [-0.05, 0) is 31.2 Å². The lowest BCUT2D eigenvalue weighted by molar-refractivity contribution is -0.121. The van der Waals surface area contributed by atoms with E-state index in [0.717, 1.165) is 37.9 Å². The first kappa shape index (κ1) is 17.2. The molecule has 0 saturated heterocycles. The van der Waals surface area contributed by atoms with Gasteiger partial charge in [0.1, 0.15) is 11.2 Å². The standard InChI is InChI=1S/C19H22N6O3/c1-11-9-19(11)17(28)23(2)14-10-20-18(24-8-7-13(22-24)16(26)27)21-15(14)25(19)12-5-3-4-6-12/h7-8,10-12H,3-6,9H2,1-2H3,(H,26,27)/t11-,19-/m0/s1. The Hall–Kier alpha value is -2.97. The summed E-state index contributed by atoms with van der Waals surface area (Å²) < 4.78 is 1.37. The van der Waals surface area contributed by atoms with Crippen molar-refractivity contribution in [3.63, 3.8) is 0 Å². The molecular weight excluding hydrogens is 360 g/mol. The molecule has 9 heteroatoms. The van der Waals surface area contributed by atoms with Gasteiger partial charge in [-0.3, -0.25) is 4.79 Å². The van der Waals surface area contributed by atoms with Crippen molar-refractivity contribution in [2.24, 2.45) is 5.92 Å². The summed E-state index contributed by atoms with van der Waals surface area (Å²) in [6.07, 6.45) is 8.42. The van der Waals surface area contributed by atoms with Crippen LogP contribution in [0, 0.1) is 5.92 Å². The fourth-order valence-electron chi connectivity index (χ4n) is 4.83. The van der Waals surface area contributed by atoms with Crippen molar-refractivity contribution in [1.82, 2.24) is 19.7 Å². The Morgan fingerprint density at radius 2 is 2.04 bits per heavy atom. The topological polar surface area (TPSA) is 104 Å². The summed E-state index contributed by atoms with van der Waals surface area (Å²) in [6, 6.07) is 1.70. The van der Waals surface area contributed by atoms with Crippen LogP contribution in [0.15, 0.2) is 18.5 Å². The van der Waals surface area contributed by atoms with Crippen molar-refractivity contribution in [2.75, 3.05) is 16.8 Å². The van der Waals surface area contributed by atoms with E-state index in [1.807, 2.05) is 0 Å². The highest BCUT2D eigenvalue weighted by molar-refractivity contribution is 6.09. The van der Waals surface area contributed by atoms with E-state index in [2.05, 4.69) is 21.9 Å². The number of fused-ring (bicyclic) bond motifs is 1. The molecule has 0 aromatic carbocycles. The third-order valence-corrected chi connectivity index (χ3v) is 6.41. The van der Waals surface area contributed by atoms with E-state index in [1.165, 1.54) is 16.9 Å². The molecule has 9 nitrogen and oxygen atoms in total. The zero-order valence-electron chi connectivity index (χ0n) is 15.9. The molecule has 0 radical (unpaired) electrons. The monoisotopic (exact) mass is 382 g/mol. The lowest BCUT2D eigenvalue weighted by Gasteiger charge is -2.45. The molecule has 0 bridgehead atoms. The highest BCUT2D eigenvalue weighted by Gasteiger charge is 2.66. The molecular formula is C19H22N6O3.